The smallest absolute Gasteiger partial charge is 0.338 e. The molecular weight excluding hydrogens is 328 g/mol. The van der Waals surface area contributed by atoms with Gasteiger partial charge in [0.15, 0.2) is 0 Å². The Morgan fingerprint density at radius 3 is 2.12 bits per heavy atom. The molecule has 0 aromatic heterocycles. The first kappa shape index (κ1) is 19.7. The van der Waals surface area contributed by atoms with Gasteiger partial charge in [0.2, 0.25) is 0 Å². The number of carboxylic acid groups (broad SMARTS) is 1. The Balaban J connectivity index is 2.24. The Morgan fingerprint density at radius 1 is 0.962 bits per heavy atom. The summed E-state index contributed by atoms with van der Waals surface area (Å²) < 4.78 is 5.55. The average Bonchev–Trinajstić information content (AvgIpc) is 2.68. The van der Waals surface area contributed by atoms with E-state index in [1.165, 1.54) is 6.07 Å². The Bertz CT molecular complexity index is 751. The summed E-state index contributed by atoms with van der Waals surface area (Å²) in [4.78, 5) is 24.2. The minimum atomic E-state index is -1.02. The van der Waals surface area contributed by atoms with Gasteiger partial charge in [-0.2, -0.15) is 0 Å². The van der Waals surface area contributed by atoms with E-state index in [4.69, 9.17) is 4.74 Å². The molecule has 2 rings (SSSR count). The van der Waals surface area contributed by atoms with Gasteiger partial charge in [-0.15, -0.1) is 0 Å². The number of esters is 1. The van der Waals surface area contributed by atoms with Crippen molar-refractivity contribution in [2.45, 2.75) is 39.5 Å². The number of unbranched alkanes of at least 4 members (excludes halogenated alkanes) is 1. The van der Waals surface area contributed by atoms with Gasteiger partial charge in [0.1, 0.15) is 0 Å². The van der Waals surface area contributed by atoms with Gasteiger partial charge < -0.3 is 9.84 Å². The van der Waals surface area contributed by atoms with Crippen molar-refractivity contribution >= 4 is 11.9 Å². The molecule has 0 radical (unpaired) electrons. The van der Waals surface area contributed by atoms with E-state index in [1.54, 1.807) is 42.5 Å². The van der Waals surface area contributed by atoms with Crippen molar-refractivity contribution in [3.05, 3.63) is 59.7 Å². The van der Waals surface area contributed by atoms with Crippen molar-refractivity contribution in [3.63, 3.8) is 0 Å². The number of carboxylic acids is 1. The van der Waals surface area contributed by atoms with E-state index in [2.05, 4.69) is 13.8 Å². The standard InChI is InChI=1S/C22H26O4/c1-3-5-10-16(4-2)15-26-22(25)20-14-9-7-12-18(20)17-11-6-8-13-19(17)21(23)24/h6-9,11-14,16H,3-5,10,15H2,1-2H3,(H,23,24). The van der Waals surface area contributed by atoms with Gasteiger partial charge in [-0.3, -0.25) is 0 Å². The third-order valence-electron chi connectivity index (χ3n) is 4.59. The molecule has 0 aliphatic heterocycles. The number of carbonyl (C=O) groups is 2. The summed E-state index contributed by atoms with van der Waals surface area (Å²) in [6, 6.07) is 13.7. The lowest BCUT2D eigenvalue weighted by Gasteiger charge is -2.16. The molecule has 2 aromatic rings. The van der Waals surface area contributed by atoms with Crippen LogP contribution in [-0.4, -0.2) is 23.7 Å². The van der Waals surface area contributed by atoms with Crippen LogP contribution in [0.25, 0.3) is 11.1 Å². The maximum absolute atomic E-state index is 12.6. The minimum absolute atomic E-state index is 0.169. The van der Waals surface area contributed by atoms with E-state index in [0.29, 0.717) is 29.2 Å². The van der Waals surface area contributed by atoms with Gasteiger partial charge in [0.25, 0.3) is 0 Å². The molecule has 2 aromatic carbocycles. The zero-order chi connectivity index (χ0) is 18.9. The number of benzene rings is 2. The highest BCUT2D eigenvalue weighted by Gasteiger charge is 2.19. The van der Waals surface area contributed by atoms with Crippen LogP contribution in [0.5, 0.6) is 0 Å². The summed E-state index contributed by atoms with van der Waals surface area (Å²) >= 11 is 0. The first-order valence-electron chi connectivity index (χ1n) is 9.17. The zero-order valence-corrected chi connectivity index (χ0v) is 15.4. The van der Waals surface area contributed by atoms with Crippen molar-refractivity contribution in [1.29, 1.82) is 0 Å². The van der Waals surface area contributed by atoms with Gasteiger partial charge in [0, 0.05) is 0 Å². The van der Waals surface area contributed by atoms with Gasteiger partial charge in [-0.1, -0.05) is 69.5 Å². The third kappa shape index (κ3) is 4.94. The van der Waals surface area contributed by atoms with Crippen LogP contribution in [0.1, 0.15) is 60.2 Å². The maximum Gasteiger partial charge on any atom is 0.338 e. The van der Waals surface area contributed by atoms with Crippen LogP contribution in [0.15, 0.2) is 48.5 Å². The summed E-state index contributed by atoms with van der Waals surface area (Å²) in [5, 5.41) is 9.43. The number of rotatable bonds is 9. The molecular formula is C22H26O4. The SMILES string of the molecule is CCCCC(CC)COC(=O)c1ccccc1-c1ccccc1C(=O)O. The van der Waals surface area contributed by atoms with E-state index in [9.17, 15) is 14.7 Å². The maximum atomic E-state index is 12.6. The highest BCUT2D eigenvalue weighted by molar-refractivity contribution is 6.02. The molecule has 0 heterocycles. The fourth-order valence-corrected chi connectivity index (χ4v) is 2.97. The molecule has 1 unspecified atom stereocenters. The number of aromatic carboxylic acids is 1. The predicted molar refractivity (Wildman–Crippen MR) is 102 cm³/mol. The first-order valence-corrected chi connectivity index (χ1v) is 9.17. The highest BCUT2D eigenvalue weighted by atomic mass is 16.5. The van der Waals surface area contributed by atoms with E-state index >= 15 is 0 Å². The lowest BCUT2D eigenvalue weighted by molar-refractivity contribution is 0.0428. The molecule has 0 amide bonds. The van der Waals surface area contributed by atoms with Crippen molar-refractivity contribution in [2.75, 3.05) is 6.61 Å². The molecule has 0 saturated heterocycles. The van der Waals surface area contributed by atoms with Gasteiger partial charge in [-0.05, 0) is 35.6 Å². The molecule has 0 bridgehead atoms. The fourth-order valence-electron chi connectivity index (χ4n) is 2.97. The number of hydrogen-bond acceptors (Lipinski definition) is 3. The molecule has 1 N–H and O–H groups in total. The molecule has 4 nitrogen and oxygen atoms in total. The van der Waals surface area contributed by atoms with Crippen molar-refractivity contribution < 1.29 is 19.4 Å². The Labute approximate surface area is 154 Å². The molecule has 0 fully saturated rings. The van der Waals surface area contributed by atoms with Crippen LogP contribution in [0.3, 0.4) is 0 Å². The lowest BCUT2D eigenvalue weighted by Crippen LogP contribution is -2.15. The van der Waals surface area contributed by atoms with E-state index in [-0.39, 0.29) is 5.56 Å². The molecule has 0 aliphatic carbocycles. The molecule has 0 saturated carbocycles. The summed E-state index contributed by atoms with van der Waals surface area (Å²) in [6.45, 7) is 4.64. The van der Waals surface area contributed by atoms with Gasteiger partial charge in [-0.25, -0.2) is 9.59 Å². The highest BCUT2D eigenvalue weighted by Crippen LogP contribution is 2.28. The van der Waals surface area contributed by atoms with Crippen LogP contribution in [0, 0.1) is 5.92 Å². The second kappa shape index (κ2) is 9.76. The summed E-state index contributed by atoms with van der Waals surface area (Å²) in [6.07, 6.45) is 4.26. The second-order valence-electron chi connectivity index (χ2n) is 6.41. The van der Waals surface area contributed by atoms with Crippen molar-refractivity contribution in [1.82, 2.24) is 0 Å². The van der Waals surface area contributed by atoms with Gasteiger partial charge >= 0.3 is 11.9 Å². The minimum Gasteiger partial charge on any atom is -0.478 e. The Hall–Kier alpha value is -2.62. The quantitative estimate of drug-likeness (QED) is 0.610. The molecule has 138 valence electrons. The Kier molecular flexibility index (Phi) is 7.39. The normalized spacial score (nSPS) is 11.8. The molecule has 4 heteroatoms. The Morgan fingerprint density at radius 2 is 1.54 bits per heavy atom. The lowest BCUT2D eigenvalue weighted by atomic mass is 9.95. The second-order valence-corrected chi connectivity index (χ2v) is 6.41. The van der Waals surface area contributed by atoms with Crippen LogP contribution < -0.4 is 0 Å². The van der Waals surface area contributed by atoms with Crippen LogP contribution >= 0.6 is 0 Å². The average molecular weight is 354 g/mol. The predicted octanol–water partition coefficient (Wildman–Crippen LogP) is 5.43. The van der Waals surface area contributed by atoms with Crippen LogP contribution in [0.2, 0.25) is 0 Å². The molecule has 26 heavy (non-hydrogen) atoms. The zero-order valence-electron chi connectivity index (χ0n) is 15.4. The third-order valence-corrected chi connectivity index (χ3v) is 4.59. The van der Waals surface area contributed by atoms with Crippen molar-refractivity contribution in [3.8, 4) is 11.1 Å². The largest absolute Gasteiger partial charge is 0.478 e. The molecule has 0 aliphatic rings. The van der Waals surface area contributed by atoms with E-state index in [1.807, 2.05) is 0 Å². The summed E-state index contributed by atoms with van der Waals surface area (Å²) in [7, 11) is 0. The fraction of sp³-hybridized carbons (Fsp3) is 0.364. The van der Waals surface area contributed by atoms with Crippen LogP contribution in [-0.2, 0) is 4.74 Å². The van der Waals surface area contributed by atoms with E-state index < -0.39 is 11.9 Å². The first-order chi connectivity index (χ1) is 12.6. The summed E-state index contributed by atoms with van der Waals surface area (Å²) in [5.41, 5.74) is 1.66. The van der Waals surface area contributed by atoms with Crippen LogP contribution in [0.4, 0.5) is 0 Å². The molecule has 1 atom stereocenters. The monoisotopic (exact) mass is 354 g/mol. The van der Waals surface area contributed by atoms with Gasteiger partial charge in [0.05, 0.1) is 17.7 Å². The van der Waals surface area contributed by atoms with Crippen molar-refractivity contribution in [2.24, 2.45) is 5.92 Å². The topological polar surface area (TPSA) is 63.6 Å². The number of carbonyl (C=O) groups excluding carboxylic acids is 1. The number of ether oxygens (including phenoxy) is 1. The number of hydrogen-bond donors (Lipinski definition) is 1. The summed E-state index contributed by atoms with van der Waals surface area (Å²) in [5.74, 6) is -1.07. The molecule has 0 spiro atoms. The van der Waals surface area contributed by atoms with E-state index in [0.717, 1.165) is 25.7 Å².